The van der Waals surface area contributed by atoms with E-state index in [1.54, 1.807) is 0 Å². The maximum absolute atomic E-state index is 11.4. The van der Waals surface area contributed by atoms with Crippen LogP contribution < -0.4 is 5.32 Å². The topological polar surface area (TPSA) is 93.4 Å². The number of nitriles is 1. The average molecular weight is 213 g/mol. The zero-order valence-electron chi connectivity index (χ0n) is 9.07. The third-order valence-electron chi connectivity index (χ3n) is 1.86. The summed E-state index contributed by atoms with van der Waals surface area (Å²) in [7, 11) is 1.50. The molecule has 0 radical (unpaired) electrons. The zero-order chi connectivity index (χ0) is 12.1. The first kappa shape index (κ1) is 13.2. The number of nitrogens with one attached hydrogen (secondary N) is 1. The Balaban J connectivity index is 4.25. The third-order valence-corrected chi connectivity index (χ3v) is 1.86. The van der Waals surface area contributed by atoms with Crippen LogP contribution in [0.25, 0.3) is 0 Å². The number of rotatable bonds is 4. The maximum atomic E-state index is 11.4. The summed E-state index contributed by atoms with van der Waals surface area (Å²) < 4.78 is 0. The summed E-state index contributed by atoms with van der Waals surface area (Å²) in [6.07, 6.45) is 0.220. The van der Waals surface area contributed by atoms with Crippen LogP contribution >= 0.6 is 0 Å². The van der Waals surface area contributed by atoms with Crippen LogP contribution in [-0.2, 0) is 4.79 Å². The Labute approximate surface area is 88.5 Å². The number of nitrogens with zero attached hydrogens (tertiary/aromatic N) is 2. The maximum Gasteiger partial charge on any atom is 0.328 e. The molecule has 0 aliphatic carbocycles. The lowest BCUT2D eigenvalue weighted by molar-refractivity contribution is -0.143. The SMILES string of the molecule is CN(CCC#N)C(=O)NC(C)(C)C(=O)O. The molecule has 0 spiro atoms. The molecule has 0 bridgehead atoms. The van der Waals surface area contributed by atoms with Crippen LogP contribution in [0.2, 0.25) is 0 Å². The van der Waals surface area contributed by atoms with E-state index in [1.165, 1.54) is 25.8 Å². The summed E-state index contributed by atoms with van der Waals surface area (Å²) in [5, 5.41) is 19.4. The molecule has 0 saturated heterocycles. The number of amides is 2. The van der Waals surface area contributed by atoms with Crippen molar-refractivity contribution >= 4 is 12.0 Å². The molecule has 0 atom stereocenters. The van der Waals surface area contributed by atoms with Crippen molar-refractivity contribution in [2.24, 2.45) is 0 Å². The van der Waals surface area contributed by atoms with E-state index in [9.17, 15) is 9.59 Å². The highest BCUT2D eigenvalue weighted by Gasteiger charge is 2.29. The summed E-state index contributed by atoms with van der Waals surface area (Å²) >= 11 is 0. The van der Waals surface area contributed by atoms with Gasteiger partial charge >= 0.3 is 12.0 Å². The smallest absolute Gasteiger partial charge is 0.328 e. The fourth-order valence-electron chi connectivity index (χ4n) is 0.735. The van der Waals surface area contributed by atoms with Crippen molar-refractivity contribution < 1.29 is 14.7 Å². The van der Waals surface area contributed by atoms with E-state index in [1.807, 2.05) is 6.07 Å². The third kappa shape index (κ3) is 4.31. The lowest BCUT2D eigenvalue weighted by Crippen LogP contribution is -2.53. The van der Waals surface area contributed by atoms with Crippen LogP contribution in [0.15, 0.2) is 0 Å². The van der Waals surface area contributed by atoms with Crippen LogP contribution in [0.1, 0.15) is 20.3 Å². The predicted molar refractivity (Wildman–Crippen MR) is 53.1 cm³/mol. The van der Waals surface area contributed by atoms with Gasteiger partial charge in [0, 0.05) is 13.6 Å². The first-order valence-corrected chi connectivity index (χ1v) is 4.45. The molecule has 2 amide bonds. The monoisotopic (exact) mass is 213 g/mol. The standard InChI is InChI=1S/C9H15N3O3/c1-9(2,7(13)14)11-8(15)12(3)6-4-5-10/h4,6H2,1-3H3,(H,11,15)(H,13,14). The van der Waals surface area contributed by atoms with E-state index in [0.717, 1.165) is 0 Å². The minimum atomic E-state index is -1.31. The molecule has 6 nitrogen and oxygen atoms in total. The molecular formula is C9H15N3O3. The largest absolute Gasteiger partial charge is 0.480 e. The first-order valence-electron chi connectivity index (χ1n) is 4.45. The highest BCUT2D eigenvalue weighted by molar-refractivity contribution is 5.85. The van der Waals surface area contributed by atoms with Gasteiger partial charge in [0.25, 0.3) is 0 Å². The van der Waals surface area contributed by atoms with E-state index < -0.39 is 17.5 Å². The quantitative estimate of drug-likeness (QED) is 0.707. The fourth-order valence-corrected chi connectivity index (χ4v) is 0.735. The molecular weight excluding hydrogens is 198 g/mol. The lowest BCUT2D eigenvalue weighted by atomic mass is 10.1. The van der Waals surface area contributed by atoms with Crippen LogP contribution in [-0.4, -0.2) is 41.1 Å². The van der Waals surface area contributed by atoms with Gasteiger partial charge in [0.1, 0.15) is 5.54 Å². The molecule has 0 fully saturated rings. The second-order valence-corrected chi connectivity index (χ2v) is 3.69. The van der Waals surface area contributed by atoms with Gasteiger partial charge in [0.05, 0.1) is 12.5 Å². The molecule has 0 aliphatic rings. The Morgan fingerprint density at radius 3 is 2.47 bits per heavy atom. The summed E-state index contributed by atoms with van der Waals surface area (Å²) in [5.41, 5.74) is -1.31. The van der Waals surface area contributed by atoms with Gasteiger partial charge in [-0.25, -0.2) is 9.59 Å². The van der Waals surface area contributed by atoms with Crippen molar-refractivity contribution in [3.05, 3.63) is 0 Å². The summed E-state index contributed by atoms with van der Waals surface area (Å²) in [6.45, 7) is 3.06. The van der Waals surface area contributed by atoms with Gasteiger partial charge in [-0.05, 0) is 13.8 Å². The number of carboxylic acid groups (broad SMARTS) is 1. The number of carboxylic acids is 1. The van der Waals surface area contributed by atoms with Gasteiger partial charge in [-0.1, -0.05) is 0 Å². The normalized spacial score (nSPS) is 10.3. The zero-order valence-corrected chi connectivity index (χ0v) is 9.07. The summed E-state index contributed by atoms with van der Waals surface area (Å²) in [5.74, 6) is -1.11. The molecule has 0 saturated carbocycles. The van der Waals surface area contributed by atoms with Gasteiger partial charge in [0.15, 0.2) is 0 Å². The van der Waals surface area contributed by atoms with E-state index in [2.05, 4.69) is 5.32 Å². The fraction of sp³-hybridized carbons (Fsp3) is 0.667. The number of aliphatic carboxylic acids is 1. The minimum Gasteiger partial charge on any atom is -0.480 e. The number of carbonyl (C=O) groups excluding carboxylic acids is 1. The number of carbonyl (C=O) groups is 2. The molecule has 0 aliphatic heterocycles. The number of hydrogen-bond donors (Lipinski definition) is 2. The van der Waals surface area contributed by atoms with E-state index in [4.69, 9.17) is 10.4 Å². The predicted octanol–water partition coefficient (Wildman–Crippen LogP) is 0.405. The molecule has 15 heavy (non-hydrogen) atoms. The highest BCUT2D eigenvalue weighted by Crippen LogP contribution is 2.02. The van der Waals surface area contributed by atoms with E-state index >= 15 is 0 Å². The van der Waals surface area contributed by atoms with Crippen LogP contribution in [0.5, 0.6) is 0 Å². The first-order chi connectivity index (χ1) is 6.81. The molecule has 0 heterocycles. The van der Waals surface area contributed by atoms with Crippen molar-refractivity contribution in [2.45, 2.75) is 25.8 Å². The Morgan fingerprint density at radius 2 is 2.07 bits per heavy atom. The number of urea groups is 1. The second-order valence-electron chi connectivity index (χ2n) is 3.69. The van der Waals surface area contributed by atoms with Gasteiger partial charge in [0.2, 0.25) is 0 Å². The lowest BCUT2D eigenvalue weighted by Gasteiger charge is -2.25. The van der Waals surface area contributed by atoms with Crippen molar-refractivity contribution in [3.63, 3.8) is 0 Å². The second kappa shape index (κ2) is 5.20. The summed E-state index contributed by atoms with van der Waals surface area (Å²) in [6, 6.07) is 1.40. The van der Waals surface area contributed by atoms with Crippen LogP contribution in [0.3, 0.4) is 0 Å². The average Bonchev–Trinajstić information content (AvgIpc) is 2.13. The van der Waals surface area contributed by atoms with Crippen molar-refractivity contribution in [1.29, 1.82) is 5.26 Å². The molecule has 0 rings (SSSR count). The van der Waals surface area contributed by atoms with Crippen molar-refractivity contribution in [3.8, 4) is 6.07 Å². The molecule has 84 valence electrons. The molecule has 0 unspecified atom stereocenters. The van der Waals surface area contributed by atoms with Gasteiger partial charge < -0.3 is 15.3 Å². The van der Waals surface area contributed by atoms with E-state index in [0.29, 0.717) is 0 Å². The van der Waals surface area contributed by atoms with E-state index in [-0.39, 0.29) is 13.0 Å². The molecule has 0 aromatic heterocycles. The molecule has 6 heteroatoms. The Bertz CT molecular complexity index is 293. The molecule has 0 aromatic carbocycles. The highest BCUT2D eigenvalue weighted by atomic mass is 16.4. The Morgan fingerprint density at radius 1 is 1.53 bits per heavy atom. The van der Waals surface area contributed by atoms with Crippen LogP contribution in [0.4, 0.5) is 4.79 Å². The Kier molecular flexibility index (Phi) is 4.58. The van der Waals surface area contributed by atoms with Crippen LogP contribution in [0, 0.1) is 11.3 Å². The van der Waals surface area contributed by atoms with Gasteiger partial charge in [-0.15, -0.1) is 0 Å². The number of hydrogen-bond acceptors (Lipinski definition) is 3. The summed E-state index contributed by atoms with van der Waals surface area (Å²) in [4.78, 5) is 23.4. The van der Waals surface area contributed by atoms with Gasteiger partial charge in [-0.2, -0.15) is 5.26 Å². The van der Waals surface area contributed by atoms with Crippen molar-refractivity contribution in [1.82, 2.24) is 10.2 Å². The van der Waals surface area contributed by atoms with Gasteiger partial charge in [-0.3, -0.25) is 0 Å². The molecule has 2 N–H and O–H groups in total. The molecule has 0 aromatic rings. The Hall–Kier alpha value is -1.77. The minimum absolute atomic E-state index is 0.220. The van der Waals surface area contributed by atoms with Crippen molar-refractivity contribution in [2.75, 3.05) is 13.6 Å².